The Kier molecular flexibility index (Phi) is 4.89. The lowest BCUT2D eigenvalue weighted by molar-refractivity contribution is 1.18. The first-order chi connectivity index (χ1) is 20.7. The number of thiazole rings is 1. The first-order valence-corrected chi connectivity index (χ1v) is 14.7. The summed E-state index contributed by atoms with van der Waals surface area (Å²) in [6, 6.07) is 42.6. The van der Waals surface area contributed by atoms with Gasteiger partial charge in [0, 0.05) is 6.20 Å². The molecule has 0 aliphatic rings. The lowest BCUT2D eigenvalue weighted by Gasteiger charge is -2.12. The van der Waals surface area contributed by atoms with Gasteiger partial charge in [-0.3, -0.25) is 9.20 Å². The molecule has 0 spiro atoms. The second-order valence-corrected chi connectivity index (χ2v) is 11.6. The van der Waals surface area contributed by atoms with Crippen LogP contribution in [0, 0.1) is 0 Å². The van der Waals surface area contributed by atoms with E-state index < -0.39 is 0 Å². The van der Waals surface area contributed by atoms with Gasteiger partial charge in [-0.1, -0.05) is 96.3 Å². The number of pyridine rings is 1. The third-order valence-electron chi connectivity index (χ3n) is 8.29. The molecule has 0 radical (unpaired) electrons. The van der Waals surface area contributed by atoms with Gasteiger partial charge in [-0.05, 0) is 91.0 Å². The van der Waals surface area contributed by atoms with E-state index in [4.69, 9.17) is 0 Å². The molecule has 3 heterocycles. The molecular weight excluding hydrogens is 534 g/mol. The topological polar surface area (TPSA) is 47.3 Å². The maximum absolute atomic E-state index is 13.1. The number of rotatable bonds is 2. The van der Waals surface area contributed by atoms with Crippen molar-refractivity contribution in [3.8, 4) is 22.3 Å². The average Bonchev–Trinajstić information content (AvgIpc) is 3.43. The standard InChI is InChI=1S/C37H21N3OS/c41-36-32-21-25(15-17-33(32)40-35-34(13-6-18-38-35)42-37(40)39-36)23-8-5-7-22(19-23)24-14-16-30-28-11-2-1-9-26(28)27-10-3-4-12-29(27)31(30)20-24/h1-21H. The normalized spacial score (nSPS) is 11.9. The van der Waals surface area contributed by atoms with Gasteiger partial charge in [0.15, 0.2) is 10.6 Å². The van der Waals surface area contributed by atoms with E-state index in [-0.39, 0.29) is 5.56 Å². The Morgan fingerprint density at radius 3 is 1.83 bits per heavy atom. The predicted molar refractivity (Wildman–Crippen MR) is 176 cm³/mol. The van der Waals surface area contributed by atoms with E-state index in [0.29, 0.717) is 10.3 Å². The van der Waals surface area contributed by atoms with Crippen molar-refractivity contribution in [2.24, 2.45) is 0 Å². The van der Waals surface area contributed by atoms with Crippen LogP contribution in [0.25, 0.3) is 80.8 Å². The summed E-state index contributed by atoms with van der Waals surface area (Å²) in [7, 11) is 0. The molecule has 4 nitrogen and oxygen atoms in total. The van der Waals surface area contributed by atoms with Gasteiger partial charge in [0.2, 0.25) is 0 Å². The maximum Gasteiger partial charge on any atom is 0.281 e. The van der Waals surface area contributed by atoms with Crippen LogP contribution in [-0.2, 0) is 0 Å². The number of benzene rings is 6. The fraction of sp³-hybridized carbons (Fsp3) is 0. The highest BCUT2D eigenvalue weighted by Crippen LogP contribution is 2.38. The molecule has 0 saturated heterocycles. The summed E-state index contributed by atoms with van der Waals surface area (Å²) in [4.78, 5) is 22.8. The van der Waals surface area contributed by atoms with Gasteiger partial charge in [-0.25, -0.2) is 4.98 Å². The lowest BCUT2D eigenvalue weighted by Crippen LogP contribution is -2.09. The molecule has 0 saturated carbocycles. The largest absolute Gasteiger partial charge is 0.281 e. The smallest absolute Gasteiger partial charge is 0.268 e. The number of aromatic nitrogens is 3. The molecule has 0 N–H and O–H groups in total. The van der Waals surface area contributed by atoms with E-state index in [2.05, 4.69) is 107 Å². The highest BCUT2D eigenvalue weighted by Gasteiger charge is 2.14. The molecule has 9 rings (SSSR count). The van der Waals surface area contributed by atoms with Crippen LogP contribution in [0.3, 0.4) is 0 Å². The molecule has 0 fully saturated rings. The van der Waals surface area contributed by atoms with Gasteiger partial charge in [0.1, 0.15) is 0 Å². The molecule has 0 aliphatic heterocycles. The van der Waals surface area contributed by atoms with Gasteiger partial charge in [-0.2, -0.15) is 4.98 Å². The van der Waals surface area contributed by atoms with Crippen molar-refractivity contribution in [3.05, 3.63) is 138 Å². The summed E-state index contributed by atoms with van der Waals surface area (Å²) in [5.74, 6) is 0. The van der Waals surface area contributed by atoms with Crippen LogP contribution in [0.15, 0.2) is 132 Å². The summed E-state index contributed by atoms with van der Waals surface area (Å²) in [5, 5.41) is 8.17. The van der Waals surface area contributed by atoms with E-state index in [1.807, 2.05) is 28.7 Å². The van der Waals surface area contributed by atoms with Crippen molar-refractivity contribution < 1.29 is 0 Å². The van der Waals surface area contributed by atoms with Crippen LogP contribution < -0.4 is 5.56 Å². The van der Waals surface area contributed by atoms with Crippen LogP contribution in [0.4, 0.5) is 0 Å². The molecule has 42 heavy (non-hydrogen) atoms. The quantitative estimate of drug-likeness (QED) is 0.200. The summed E-state index contributed by atoms with van der Waals surface area (Å²) in [6.07, 6.45) is 1.77. The number of hydrogen-bond donors (Lipinski definition) is 0. The highest BCUT2D eigenvalue weighted by atomic mass is 32.1. The lowest BCUT2D eigenvalue weighted by atomic mass is 9.91. The second-order valence-electron chi connectivity index (χ2n) is 10.6. The minimum Gasteiger partial charge on any atom is -0.268 e. The van der Waals surface area contributed by atoms with Crippen LogP contribution in [0.2, 0.25) is 0 Å². The number of hydrogen-bond acceptors (Lipinski definition) is 4. The van der Waals surface area contributed by atoms with E-state index in [1.165, 1.54) is 43.7 Å². The molecule has 0 amide bonds. The number of fused-ring (bicyclic) bond motifs is 11. The van der Waals surface area contributed by atoms with E-state index in [0.717, 1.165) is 38.1 Å². The fourth-order valence-electron chi connectivity index (χ4n) is 6.35. The van der Waals surface area contributed by atoms with Crippen molar-refractivity contribution >= 4 is 69.9 Å². The summed E-state index contributed by atoms with van der Waals surface area (Å²) in [6.45, 7) is 0. The maximum atomic E-state index is 13.1. The first-order valence-electron chi connectivity index (χ1n) is 13.9. The minimum atomic E-state index is -0.219. The summed E-state index contributed by atoms with van der Waals surface area (Å²) >= 11 is 1.48. The molecule has 0 aliphatic carbocycles. The SMILES string of the molecule is O=c1nc2sc3cccnc3n2c2ccc(-c3cccc(-c4ccc5c6ccccc6c6ccccc6c5c4)c3)cc12. The van der Waals surface area contributed by atoms with Gasteiger partial charge in [0.25, 0.3) is 5.56 Å². The highest BCUT2D eigenvalue weighted by molar-refractivity contribution is 7.23. The summed E-state index contributed by atoms with van der Waals surface area (Å²) in [5.41, 5.74) is 5.74. The molecule has 5 heteroatoms. The van der Waals surface area contributed by atoms with Crippen molar-refractivity contribution in [2.45, 2.75) is 0 Å². The third kappa shape index (κ3) is 3.38. The van der Waals surface area contributed by atoms with Crippen molar-refractivity contribution in [1.29, 1.82) is 0 Å². The Bertz CT molecular complexity index is 2580. The van der Waals surface area contributed by atoms with Gasteiger partial charge in [0.05, 0.1) is 15.6 Å². The fourth-order valence-corrected chi connectivity index (χ4v) is 7.33. The first kappa shape index (κ1) is 23.3. The second kappa shape index (κ2) is 8.80. The average molecular weight is 556 g/mol. The van der Waals surface area contributed by atoms with E-state index in [9.17, 15) is 4.79 Å². The van der Waals surface area contributed by atoms with Gasteiger partial charge in [-0.15, -0.1) is 0 Å². The number of nitrogens with zero attached hydrogens (tertiary/aromatic N) is 3. The Morgan fingerprint density at radius 1 is 0.524 bits per heavy atom. The monoisotopic (exact) mass is 555 g/mol. The zero-order valence-corrected chi connectivity index (χ0v) is 23.1. The summed E-state index contributed by atoms with van der Waals surface area (Å²) < 4.78 is 2.99. The molecular formula is C37H21N3OS. The Balaban J connectivity index is 1.21. The van der Waals surface area contributed by atoms with Crippen LogP contribution >= 0.6 is 11.3 Å². The van der Waals surface area contributed by atoms with E-state index in [1.54, 1.807) is 6.20 Å². The minimum absolute atomic E-state index is 0.219. The Morgan fingerprint density at radius 2 is 1.12 bits per heavy atom. The Hall–Kier alpha value is -5.39. The molecule has 196 valence electrons. The van der Waals surface area contributed by atoms with E-state index >= 15 is 0 Å². The Labute approximate surface area is 243 Å². The molecule has 0 unspecified atom stereocenters. The van der Waals surface area contributed by atoms with Gasteiger partial charge < -0.3 is 0 Å². The van der Waals surface area contributed by atoms with Crippen molar-refractivity contribution in [2.75, 3.05) is 0 Å². The zero-order valence-electron chi connectivity index (χ0n) is 22.3. The molecule has 3 aromatic heterocycles. The van der Waals surface area contributed by atoms with Crippen LogP contribution in [0.5, 0.6) is 0 Å². The predicted octanol–water partition coefficient (Wildman–Crippen LogP) is 9.25. The molecule has 9 aromatic rings. The molecule has 0 atom stereocenters. The molecule has 6 aromatic carbocycles. The van der Waals surface area contributed by atoms with Crippen molar-refractivity contribution in [1.82, 2.24) is 14.4 Å². The third-order valence-corrected chi connectivity index (χ3v) is 9.29. The van der Waals surface area contributed by atoms with Crippen LogP contribution in [0.1, 0.15) is 0 Å². The molecule has 0 bridgehead atoms. The van der Waals surface area contributed by atoms with Gasteiger partial charge >= 0.3 is 0 Å². The van der Waals surface area contributed by atoms with Crippen LogP contribution in [-0.4, -0.2) is 14.4 Å². The van der Waals surface area contributed by atoms with Crippen molar-refractivity contribution in [3.63, 3.8) is 0 Å². The zero-order chi connectivity index (χ0) is 27.8.